The van der Waals surface area contributed by atoms with E-state index in [1.54, 1.807) is 5.32 Å². The molecule has 1 rings (SSSR count). The summed E-state index contributed by atoms with van der Waals surface area (Å²) in [4.78, 5) is 10.7. The minimum absolute atomic E-state index is 0.611. The first-order valence-corrected chi connectivity index (χ1v) is 4.67. The Morgan fingerprint density at radius 3 is 2.50 bits per heavy atom. The maximum absolute atomic E-state index is 13.2. The van der Waals surface area contributed by atoms with Crippen molar-refractivity contribution < 1.29 is 31.9 Å². The number of carboxylic acid groups (broad SMARTS) is 1. The van der Waals surface area contributed by atoms with Gasteiger partial charge in [0.05, 0.1) is 17.8 Å². The Labute approximate surface area is 98.2 Å². The van der Waals surface area contributed by atoms with Gasteiger partial charge in [0.1, 0.15) is 5.82 Å². The third-order valence-electron chi connectivity index (χ3n) is 2.06. The van der Waals surface area contributed by atoms with Gasteiger partial charge in [0, 0.05) is 0 Å². The molecule has 0 aromatic heterocycles. The Hall–Kier alpha value is -1.86. The fraction of sp³-hybridized carbons (Fsp3) is 0.300. The van der Waals surface area contributed by atoms with Crippen LogP contribution in [-0.4, -0.2) is 30.0 Å². The van der Waals surface area contributed by atoms with Gasteiger partial charge in [-0.25, -0.2) is 18.0 Å². The highest BCUT2D eigenvalue weighted by Gasteiger charge is 2.40. The topological polar surface area (TPSA) is 49.3 Å². The average Bonchev–Trinajstić information content (AvgIpc) is 2.26. The molecular formula is C10H8F5NO2. The van der Waals surface area contributed by atoms with Crippen LogP contribution < -0.4 is 5.32 Å². The zero-order valence-corrected chi connectivity index (χ0v) is 8.76. The van der Waals surface area contributed by atoms with Gasteiger partial charge in [0.2, 0.25) is 0 Å². The Kier molecular flexibility index (Phi) is 4.10. The number of hydrogen-bond acceptors (Lipinski definition) is 2. The summed E-state index contributed by atoms with van der Waals surface area (Å²) in [5, 5.41) is 10.4. The van der Waals surface area contributed by atoms with Crippen molar-refractivity contribution in [3.05, 3.63) is 29.6 Å². The van der Waals surface area contributed by atoms with E-state index in [2.05, 4.69) is 0 Å². The highest BCUT2D eigenvalue weighted by Crippen LogP contribution is 2.26. The molecule has 8 heteroatoms. The molecule has 1 aromatic carbocycles. The maximum Gasteiger partial charge on any atom is 0.337 e. The number of nitrogens with one attached hydrogen (secondary N) is 1. The molecule has 0 radical (unpaired) electrons. The number of para-hydroxylation sites is 1. The first-order valence-electron chi connectivity index (χ1n) is 4.67. The van der Waals surface area contributed by atoms with Crippen LogP contribution in [-0.2, 0) is 0 Å². The quantitative estimate of drug-likeness (QED) is 0.808. The van der Waals surface area contributed by atoms with Crippen LogP contribution in [0, 0.1) is 5.82 Å². The number of aromatic carboxylic acids is 1. The van der Waals surface area contributed by atoms with E-state index in [1.807, 2.05) is 0 Å². The summed E-state index contributed by atoms with van der Waals surface area (Å²) in [6.07, 6.45) is -3.93. The Morgan fingerprint density at radius 1 is 1.39 bits per heavy atom. The molecule has 1 aromatic rings. The minimum atomic E-state index is -4.38. The molecule has 0 heterocycles. The van der Waals surface area contributed by atoms with Crippen LogP contribution in [0.15, 0.2) is 18.2 Å². The third kappa shape index (κ3) is 3.08. The molecule has 0 aliphatic heterocycles. The summed E-state index contributed by atoms with van der Waals surface area (Å²) in [5.74, 6) is -7.05. The van der Waals surface area contributed by atoms with Gasteiger partial charge < -0.3 is 10.4 Å². The first-order chi connectivity index (χ1) is 8.25. The number of anilines is 1. The monoisotopic (exact) mass is 269 g/mol. The van der Waals surface area contributed by atoms with Crippen molar-refractivity contribution in [3.63, 3.8) is 0 Å². The van der Waals surface area contributed by atoms with Crippen LogP contribution in [0.1, 0.15) is 10.4 Å². The van der Waals surface area contributed by atoms with Crippen molar-refractivity contribution in [2.24, 2.45) is 0 Å². The number of halogens is 5. The minimum Gasteiger partial charge on any atom is -0.478 e. The second-order valence-corrected chi connectivity index (χ2v) is 3.38. The van der Waals surface area contributed by atoms with Crippen molar-refractivity contribution in [2.75, 3.05) is 11.9 Å². The van der Waals surface area contributed by atoms with Gasteiger partial charge in [-0.05, 0) is 12.1 Å². The fourth-order valence-electron chi connectivity index (χ4n) is 1.17. The molecule has 0 atom stereocenters. The Bertz CT molecular complexity index is 450. The van der Waals surface area contributed by atoms with Crippen molar-refractivity contribution in [3.8, 4) is 0 Å². The second-order valence-electron chi connectivity index (χ2n) is 3.38. The van der Waals surface area contributed by atoms with Crippen LogP contribution in [0.5, 0.6) is 0 Å². The van der Waals surface area contributed by atoms with E-state index in [9.17, 15) is 26.7 Å². The predicted octanol–water partition coefficient (Wildman–Crippen LogP) is 2.84. The lowest BCUT2D eigenvalue weighted by Crippen LogP contribution is -2.35. The predicted molar refractivity (Wildman–Crippen MR) is 52.8 cm³/mol. The number of carboxylic acids is 1. The molecule has 0 saturated carbocycles. The molecule has 3 nitrogen and oxygen atoms in total. The molecular weight excluding hydrogens is 261 g/mol. The van der Waals surface area contributed by atoms with Crippen LogP contribution in [0.2, 0.25) is 0 Å². The van der Waals surface area contributed by atoms with E-state index in [-0.39, 0.29) is 0 Å². The number of carbonyl (C=O) groups is 1. The second kappa shape index (κ2) is 5.19. The average molecular weight is 269 g/mol. The smallest absolute Gasteiger partial charge is 0.337 e. The third-order valence-corrected chi connectivity index (χ3v) is 2.06. The lowest BCUT2D eigenvalue weighted by molar-refractivity contribution is -0.117. The summed E-state index contributed by atoms with van der Waals surface area (Å²) < 4.78 is 62.2. The SMILES string of the molecule is O=C(O)c1cccc(F)c1NCC(F)(F)C(F)F. The Balaban J connectivity index is 2.95. The van der Waals surface area contributed by atoms with Crippen molar-refractivity contribution in [1.82, 2.24) is 0 Å². The summed E-state index contributed by atoms with van der Waals surface area (Å²) in [6.45, 7) is -1.56. The summed E-state index contributed by atoms with van der Waals surface area (Å²) >= 11 is 0. The highest BCUT2D eigenvalue weighted by molar-refractivity contribution is 5.94. The van der Waals surface area contributed by atoms with Crippen LogP contribution >= 0.6 is 0 Å². The van der Waals surface area contributed by atoms with E-state index in [1.165, 1.54) is 0 Å². The van der Waals surface area contributed by atoms with Crippen LogP contribution in [0.4, 0.5) is 27.6 Å². The van der Waals surface area contributed by atoms with Gasteiger partial charge in [-0.1, -0.05) is 6.07 Å². The molecule has 0 saturated heterocycles. The molecule has 2 N–H and O–H groups in total. The highest BCUT2D eigenvalue weighted by atomic mass is 19.3. The normalized spacial score (nSPS) is 11.7. The summed E-state index contributed by atoms with van der Waals surface area (Å²) in [7, 11) is 0. The molecule has 0 amide bonds. The Morgan fingerprint density at radius 2 is 2.00 bits per heavy atom. The fourth-order valence-corrected chi connectivity index (χ4v) is 1.17. The van der Waals surface area contributed by atoms with Gasteiger partial charge in [-0.15, -0.1) is 0 Å². The van der Waals surface area contributed by atoms with Gasteiger partial charge in [-0.3, -0.25) is 0 Å². The largest absolute Gasteiger partial charge is 0.478 e. The van der Waals surface area contributed by atoms with E-state index >= 15 is 0 Å². The van der Waals surface area contributed by atoms with Gasteiger partial charge in [0.25, 0.3) is 0 Å². The molecule has 0 spiro atoms. The van der Waals surface area contributed by atoms with Crippen molar-refractivity contribution >= 4 is 11.7 Å². The van der Waals surface area contributed by atoms with E-state index < -0.39 is 41.9 Å². The lowest BCUT2D eigenvalue weighted by atomic mass is 10.1. The van der Waals surface area contributed by atoms with Crippen LogP contribution in [0.25, 0.3) is 0 Å². The van der Waals surface area contributed by atoms with E-state index in [4.69, 9.17) is 5.11 Å². The molecule has 0 aliphatic rings. The number of hydrogen-bond donors (Lipinski definition) is 2. The lowest BCUT2D eigenvalue weighted by Gasteiger charge is -2.17. The molecule has 18 heavy (non-hydrogen) atoms. The number of benzene rings is 1. The summed E-state index contributed by atoms with van der Waals surface area (Å²) in [5.41, 5.74) is -1.36. The maximum atomic E-state index is 13.2. The van der Waals surface area contributed by atoms with Crippen molar-refractivity contribution in [2.45, 2.75) is 12.3 Å². The standard InChI is InChI=1S/C10H8F5NO2/c11-6-3-1-2-5(8(17)18)7(6)16-4-10(14,15)9(12)13/h1-3,9,16H,4H2,(H,17,18). The molecule has 0 aliphatic carbocycles. The number of alkyl halides is 4. The summed E-state index contributed by atoms with van der Waals surface area (Å²) in [6, 6.07) is 2.86. The zero-order valence-electron chi connectivity index (χ0n) is 8.76. The van der Waals surface area contributed by atoms with E-state index in [0.29, 0.717) is 0 Å². The zero-order chi connectivity index (χ0) is 13.9. The number of rotatable bonds is 5. The van der Waals surface area contributed by atoms with E-state index in [0.717, 1.165) is 18.2 Å². The van der Waals surface area contributed by atoms with Gasteiger partial charge in [0.15, 0.2) is 0 Å². The van der Waals surface area contributed by atoms with Crippen LogP contribution in [0.3, 0.4) is 0 Å². The van der Waals surface area contributed by atoms with Gasteiger partial charge in [-0.2, -0.15) is 8.78 Å². The molecule has 0 bridgehead atoms. The molecule has 0 fully saturated rings. The van der Waals surface area contributed by atoms with Crippen molar-refractivity contribution in [1.29, 1.82) is 0 Å². The molecule has 0 unspecified atom stereocenters. The molecule has 100 valence electrons. The van der Waals surface area contributed by atoms with Gasteiger partial charge >= 0.3 is 18.3 Å². The first kappa shape index (κ1) is 14.2.